The Balaban J connectivity index is 1.58. The maximum absolute atomic E-state index is 10.1. The standard InChI is InChI=1S/C24H20BrClN2O2/c1-3-14(2)16-6-9-22-21(11-16)28-24(30-22)15-4-7-19(8-5-15)27-13-17-10-18(25)12-20(26)23(17)29/h4-14,29H,3H2,1-2H3. The van der Waals surface area contributed by atoms with E-state index in [1.54, 1.807) is 18.3 Å². The van der Waals surface area contributed by atoms with E-state index in [0.717, 1.165) is 33.2 Å². The van der Waals surface area contributed by atoms with Crippen LogP contribution in [0.3, 0.4) is 0 Å². The summed E-state index contributed by atoms with van der Waals surface area (Å²) in [7, 11) is 0. The second kappa shape index (κ2) is 8.62. The van der Waals surface area contributed by atoms with Crippen molar-refractivity contribution in [2.24, 2.45) is 4.99 Å². The monoisotopic (exact) mass is 482 g/mol. The quantitative estimate of drug-likeness (QED) is 0.294. The first-order chi connectivity index (χ1) is 14.4. The van der Waals surface area contributed by atoms with Gasteiger partial charge in [-0.05, 0) is 66.4 Å². The van der Waals surface area contributed by atoms with E-state index in [1.807, 2.05) is 30.3 Å². The molecule has 0 aliphatic carbocycles. The molecule has 0 amide bonds. The molecule has 4 aromatic rings. The number of rotatable bonds is 5. The predicted molar refractivity (Wildman–Crippen MR) is 126 cm³/mol. The number of phenols is 1. The summed E-state index contributed by atoms with van der Waals surface area (Å²) >= 11 is 9.36. The van der Waals surface area contributed by atoms with E-state index in [0.29, 0.717) is 17.4 Å². The molecule has 0 spiro atoms. The molecule has 30 heavy (non-hydrogen) atoms. The zero-order valence-electron chi connectivity index (χ0n) is 16.6. The Morgan fingerprint density at radius 2 is 1.93 bits per heavy atom. The number of aliphatic imine (C=N–C) groups is 1. The van der Waals surface area contributed by atoms with Crippen LogP contribution in [-0.2, 0) is 0 Å². The first-order valence-corrected chi connectivity index (χ1v) is 10.8. The fraction of sp³-hybridized carbons (Fsp3) is 0.167. The second-order valence-corrected chi connectivity index (χ2v) is 8.51. The molecule has 1 unspecified atom stereocenters. The number of aromatic nitrogens is 1. The molecule has 0 aliphatic rings. The third kappa shape index (κ3) is 4.27. The second-order valence-electron chi connectivity index (χ2n) is 7.19. The van der Waals surface area contributed by atoms with Gasteiger partial charge in [-0.15, -0.1) is 0 Å². The summed E-state index contributed by atoms with van der Waals surface area (Å²) in [4.78, 5) is 9.08. The van der Waals surface area contributed by atoms with Crippen molar-refractivity contribution >= 4 is 50.5 Å². The maximum atomic E-state index is 10.1. The van der Waals surface area contributed by atoms with Gasteiger partial charge in [-0.3, -0.25) is 4.99 Å². The summed E-state index contributed by atoms with van der Waals surface area (Å²) < 4.78 is 6.70. The van der Waals surface area contributed by atoms with Crippen molar-refractivity contribution in [3.63, 3.8) is 0 Å². The van der Waals surface area contributed by atoms with Crippen LogP contribution in [0.25, 0.3) is 22.6 Å². The van der Waals surface area contributed by atoms with Crippen molar-refractivity contribution in [1.82, 2.24) is 4.98 Å². The van der Waals surface area contributed by atoms with Crippen LogP contribution in [0, 0.1) is 0 Å². The molecule has 1 heterocycles. The number of aromatic hydroxyl groups is 1. The fourth-order valence-electron chi connectivity index (χ4n) is 3.13. The first kappa shape index (κ1) is 20.6. The average Bonchev–Trinajstić information content (AvgIpc) is 3.18. The number of benzene rings is 3. The summed E-state index contributed by atoms with van der Waals surface area (Å²) in [6.07, 6.45) is 2.67. The van der Waals surface area contributed by atoms with E-state index in [9.17, 15) is 5.11 Å². The summed E-state index contributed by atoms with van der Waals surface area (Å²) in [6.45, 7) is 4.39. The molecule has 0 aliphatic heterocycles. The third-order valence-corrected chi connectivity index (χ3v) is 5.86. The molecule has 0 fully saturated rings. The van der Waals surface area contributed by atoms with Crippen molar-refractivity contribution in [3.05, 3.63) is 75.2 Å². The highest BCUT2D eigenvalue weighted by molar-refractivity contribution is 9.10. The van der Waals surface area contributed by atoms with Crippen molar-refractivity contribution in [3.8, 4) is 17.2 Å². The number of hydrogen-bond acceptors (Lipinski definition) is 4. The average molecular weight is 484 g/mol. The molecule has 4 rings (SSSR count). The van der Waals surface area contributed by atoms with Crippen molar-refractivity contribution in [1.29, 1.82) is 0 Å². The number of halogens is 2. The van der Waals surface area contributed by atoms with Crippen LogP contribution in [0.2, 0.25) is 5.02 Å². The van der Waals surface area contributed by atoms with E-state index in [4.69, 9.17) is 16.0 Å². The number of hydrogen-bond donors (Lipinski definition) is 1. The molecule has 1 atom stereocenters. The lowest BCUT2D eigenvalue weighted by atomic mass is 9.98. The van der Waals surface area contributed by atoms with Gasteiger partial charge in [0.25, 0.3) is 0 Å². The first-order valence-electron chi connectivity index (χ1n) is 9.67. The van der Waals surface area contributed by atoms with E-state index in [2.05, 4.69) is 51.9 Å². The Labute approximate surface area is 188 Å². The zero-order valence-corrected chi connectivity index (χ0v) is 18.9. The molecule has 1 aromatic heterocycles. The van der Waals surface area contributed by atoms with Gasteiger partial charge < -0.3 is 9.52 Å². The van der Waals surface area contributed by atoms with Gasteiger partial charge in [0.15, 0.2) is 5.58 Å². The molecule has 3 aromatic carbocycles. The predicted octanol–water partition coefficient (Wildman–Crippen LogP) is 7.88. The van der Waals surface area contributed by atoms with Gasteiger partial charge in [-0.2, -0.15) is 0 Å². The molecule has 0 bridgehead atoms. The molecule has 6 heteroatoms. The van der Waals surface area contributed by atoms with Crippen LogP contribution in [0.4, 0.5) is 5.69 Å². The summed E-state index contributed by atoms with van der Waals surface area (Å²) in [5, 5.41) is 10.3. The lowest BCUT2D eigenvalue weighted by Crippen LogP contribution is -1.90. The van der Waals surface area contributed by atoms with Crippen molar-refractivity contribution in [2.45, 2.75) is 26.2 Å². The Morgan fingerprint density at radius 3 is 2.67 bits per heavy atom. The molecule has 4 nitrogen and oxygen atoms in total. The normalized spacial score (nSPS) is 12.7. The number of nitrogens with zero attached hydrogens (tertiary/aromatic N) is 2. The van der Waals surface area contributed by atoms with E-state index < -0.39 is 0 Å². The molecule has 152 valence electrons. The summed E-state index contributed by atoms with van der Waals surface area (Å²) in [6, 6.07) is 17.2. The number of oxazole rings is 1. The van der Waals surface area contributed by atoms with Crippen molar-refractivity contribution < 1.29 is 9.52 Å². The molecule has 0 saturated heterocycles. The number of phenolic OH excluding ortho intramolecular Hbond substituents is 1. The highest BCUT2D eigenvalue weighted by atomic mass is 79.9. The van der Waals surface area contributed by atoms with Crippen LogP contribution in [0.5, 0.6) is 5.75 Å². The summed E-state index contributed by atoms with van der Waals surface area (Å²) in [5.41, 5.74) is 5.07. The molecule has 0 radical (unpaired) electrons. The fourth-order valence-corrected chi connectivity index (χ4v) is 3.96. The third-order valence-electron chi connectivity index (χ3n) is 5.12. The lowest BCUT2D eigenvalue weighted by molar-refractivity contribution is 0.474. The smallest absolute Gasteiger partial charge is 0.227 e. The zero-order chi connectivity index (χ0) is 21.3. The Kier molecular flexibility index (Phi) is 5.93. The van der Waals surface area contributed by atoms with Crippen molar-refractivity contribution in [2.75, 3.05) is 0 Å². The van der Waals surface area contributed by atoms with Gasteiger partial charge in [0.1, 0.15) is 11.3 Å². The van der Waals surface area contributed by atoms with Crippen LogP contribution in [0.15, 0.2) is 68.5 Å². The minimum absolute atomic E-state index is 0.00322. The van der Waals surface area contributed by atoms with Gasteiger partial charge in [0, 0.05) is 21.8 Å². The van der Waals surface area contributed by atoms with Crippen LogP contribution >= 0.6 is 27.5 Å². The highest BCUT2D eigenvalue weighted by Gasteiger charge is 2.11. The Morgan fingerprint density at radius 1 is 1.17 bits per heavy atom. The Hall–Kier alpha value is -2.63. The van der Waals surface area contributed by atoms with E-state index in [1.165, 1.54) is 5.56 Å². The van der Waals surface area contributed by atoms with Crippen LogP contribution < -0.4 is 0 Å². The minimum Gasteiger partial charge on any atom is -0.506 e. The molecule has 1 N–H and O–H groups in total. The van der Waals surface area contributed by atoms with Gasteiger partial charge in [0.2, 0.25) is 5.89 Å². The Bertz CT molecular complexity index is 1230. The molecule has 0 saturated carbocycles. The van der Waals surface area contributed by atoms with Gasteiger partial charge in [-0.25, -0.2) is 4.98 Å². The van der Waals surface area contributed by atoms with Gasteiger partial charge in [0.05, 0.1) is 10.7 Å². The van der Waals surface area contributed by atoms with Gasteiger partial charge in [-0.1, -0.05) is 47.4 Å². The van der Waals surface area contributed by atoms with E-state index in [-0.39, 0.29) is 10.8 Å². The van der Waals surface area contributed by atoms with E-state index >= 15 is 0 Å². The molecular formula is C24H20BrClN2O2. The summed E-state index contributed by atoms with van der Waals surface area (Å²) in [5.74, 6) is 1.08. The largest absolute Gasteiger partial charge is 0.506 e. The lowest BCUT2D eigenvalue weighted by Gasteiger charge is -2.07. The van der Waals surface area contributed by atoms with Gasteiger partial charge >= 0.3 is 0 Å². The topological polar surface area (TPSA) is 58.6 Å². The van der Waals surface area contributed by atoms with Crippen LogP contribution in [0.1, 0.15) is 37.3 Å². The SMILES string of the molecule is CCC(C)c1ccc2oc(-c3ccc(N=Cc4cc(Br)cc(Cl)c4O)cc3)nc2c1. The number of fused-ring (bicyclic) bond motifs is 1. The minimum atomic E-state index is 0.00322. The van der Waals surface area contributed by atoms with Crippen LogP contribution in [-0.4, -0.2) is 16.3 Å². The highest BCUT2D eigenvalue weighted by Crippen LogP contribution is 2.31. The maximum Gasteiger partial charge on any atom is 0.227 e. The molecular weight excluding hydrogens is 464 g/mol.